The van der Waals surface area contributed by atoms with E-state index in [-0.39, 0.29) is 11.9 Å². The van der Waals surface area contributed by atoms with E-state index in [1.54, 1.807) is 18.3 Å². The molecule has 0 unspecified atom stereocenters. The van der Waals surface area contributed by atoms with E-state index in [9.17, 15) is 4.39 Å². The van der Waals surface area contributed by atoms with Crippen LogP contribution in [0, 0.1) is 5.82 Å². The predicted octanol–water partition coefficient (Wildman–Crippen LogP) is 6.06. The van der Waals surface area contributed by atoms with Crippen LogP contribution in [-0.2, 0) is 6.42 Å². The van der Waals surface area contributed by atoms with Crippen molar-refractivity contribution in [3.8, 4) is 0 Å². The Morgan fingerprint density at radius 1 is 0.971 bits per heavy atom. The first kappa shape index (κ1) is 23.2. The number of rotatable bonds is 7. The highest BCUT2D eigenvalue weighted by atomic mass is 19.1. The smallest absolute Gasteiger partial charge is 0.229 e. The molecule has 0 aliphatic heterocycles. The number of fused-ring (bicyclic) bond motifs is 1. The number of imidazole rings is 1. The van der Waals surface area contributed by atoms with E-state index in [0.717, 1.165) is 43.4 Å². The van der Waals surface area contributed by atoms with Gasteiger partial charge in [-0.25, -0.2) is 14.4 Å². The van der Waals surface area contributed by atoms with Gasteiger partial charge in [-0.05, 0) is 76.0 Å². The number of aromatic nitrogens is 4. The van der Waals surface area contributed by atoms with Crippen LogP contribution < -0.4 is 10.6 Å². The van der Waals surface area contributed by atoms with Gasteiger partial charge in [-0.1, -0.05) is 31.2 Å². The molecule has 5 rings (SSSR count). The van der Waals surface area contributed by atoms with E-state index in [2.05, 4.69) is 58.2 Å². The van der Waals surface area contributed by atoms with Crippen LogP contribution in [0.2, 0.25) is 0 Å². The number of hydrogen-bond donors (Lipinski definition) is 2. The third-order valence-electron chi connectivity index (χ3n) is 6.93. The Hall–Kier alpha value is -3.52. The average molecular weight is 474 g/mol. The molecule has 7 nitrogen and oxygen atoms in total. The van der Waals surface area contributed by atoms with Crippen molar-refractivity contribution in [3.05, 3.63) is 66.1 Å². The molecule has 0 atom stereocenters. The number of anilines is 4. The van der Waals surface area contributed by atoms with Gasteiger partial charge in [0.1, 0.15) is 11.3 Å². The largest absolute Gasteiger partial charge is 0.324 e. The van der Waals surface area contributed by atoms with E-state index in [1.807, 2.05) is 18.2 Å². The molecule has 1 fully saturated rings. The molecule has 0 saturated heterocycles. The first-order valence-corrected chi connectivity index (χ1v) is 12.3. The summed E-state index contributed by atoms with van der Waals surface area (Å²) in [5.41, 5.74) is 4.05. The standard InChI is InChI=1S/C27H32FN7/c1-4-18-9-11-19(12-10-18)30-26-29-17-24-25(33-26)35(21-15-13-20(14-16-21)34(2)3)27(32-24)31-23-8-6-5-7-22(23)28/h5-12,17,20-21H,4,13-16H2,1-3H3,(H,31,32)(H,29,30,33). The fourth-order valence-corrected chi connectivity index (χ4v) is 4.85. The Bertz CT molecular complexity index is 1290. The van der Waals surface area contributed by atoms with Gasteiger partial charge >= 0.3 is 0 Å². The van der Waals surface area contributed by atoms with E-state index >= 15 is 0 Å². The van der Waals surface area contributed by atoms with Crippen LogP contribution in [0.5, 0.6) is 0 Å². The van der Waals surface area contributed by atoms with Gasteiger partial charge in [0, 0.05) is 17.8 Å². The average Bonchev–Trinajstić information content (AvgIpc) is 3.23. The summed E-state index contributed by atoms with van der Waals surface area (Å²) in [6.07, 6.45) is 6.93. The molecule has 0 amide bonds. The van der Waals surface area contributed by atoms with Crippen molar-refractivity contribution in [1.29, 1.82) is 0 Å². The first-order valence-electron chi connectivity index (χ1n) is 12.3. The lowest BCUT2D eigenvalue weighted by molar-refractivity contribution is 0.197. The SMILES string of the molecule is CCc1ccc(Nc2ncc3nc(Nc4ccccc4F)n(C4CCC(N(C)C)CC4)c3n2)cc1. The maximum atomic E-state index is 14.5. The molecule has 1 aliphatic rings. The highest BCUT2D eigenvalue weighted by molar-refractivity contribution is 5.77. The summed E-state index contributed by atoms with van der Waals surface area (Å²) < 4.78 is 16.6. The van der Waals surface area contributed by atoms with Crippen molar-refractivity contribution in [3.63, 3.8) is 0 Å². The van der Waals surface area contributed by atoms with Crippen molar-refractivity contribution in [2.45, 2.75) is 51.1 Å². The molecule has 0 radical (unpaired) electrons. The number of para-hydroxylation sites is 1. The Labute approximate surface area is 205 Å². The van der Waals surface area contributed by atoms with Crippen molar-refractivity contribution < 1.29 is 4.39 Å². The molecule has 2 heterocycles. The topological polar surface area (TPSA) is 70.9 Å². The quantitative estimate of drug-likeness (QED) is 0.340. The van der Waals surface area contributed by atoms with Crippen LogP contribution in [0.3, 0.4) is 0 Å². The lowest BCUT2D eigenvalue weighted by atomic mass is 9.90. The van der Waals surface area contributed by atoms with Gasteiger partial charge in [-0.2, -0.15) is 4.98 Å². The molecule has 2 aromatic heterocycles. The molecule has 1 saturated carbocycles. The number of aryl methyl sites for hydroxylation is 1. The highest BCUT2D eigenvalue weighted by Crippen LogP contribution is 2.36. The molecule has 4 aromatic rings. The summed E-state index contributed by atoms with van der Waals surface area (Å²) in [6.45, 7) is 2.14. The summed E-state index contributed by atoms with van der Waals surface area (Å²) in [4.78, 5) is 16.4. The molecule has 35 heavy (non-hydrogen) atoms. The van der Waals surface area contributed by atoms with Gasteiger partial charge in [0.2, 0.25) is 11.9 Å². The number of nitrogens with one attached hydrogen (secondary N) is 2. The second-order valence-electron chi connectivity index (χ2n) is 9.41. The Kier molecular flexibility index (Phi) is 6.63. The van der Waals surface area contributed by atoms with Gasteiger partial charge in [-0.15, -0.1) is 0 Å². The van der Waals surface area contributed by atoms with Crippen molar-refractivity contribution in [1.82, 2.24) is 24.4 Å². The molecular formula is C27H32FN7. The van der Waals surface area contributed by atoms with Crippen molar-refractivity contribution in [2.75, 3.05) is 24.7 Å². The lowest BCUT2D eigenvalue weighted by Crippen LogP contribution is -2.33. The van der Waals surface area contributed by atoms with E-state index in [4.69, 9.17) is 9.97 Å². The monoisotopic (exact) mass is 473 g/mol. The number of hydrogen-bond acceptors (Lipinski definition) is 6. The fourth-order valence-electron chi connectivity index (χ4n) is 4.85. The van der Waals surface area contributed by atoms with Gasteiger partial charge in [0.25, 0.3) is 0 Å². The molecule has 182 valence electrons. The Morgan fingerprint density at radius 2 is 1.71 bits per heavy atom. The van der Waals surface area contributed by atoms with Gasteiger partial charge in [0.05, 0.1) is 11.9 Å². The van der Waals surface area contributed by atoms with Crippen LogP contribution in [0.1, 0.15) is 44.2 Å². The minimum Gasteiger partial charge on any atom is -0.324 e. The summed E-state index contributed by atoms with van der Waals surface area (Å²) in [5, 5.41) is 6.54. The summed E-state index contributed by atoms with van der Waals surface area (Å²) in [7, 11) is 4.28. The van der Waals surface area contributed by atoms with Gasteiger partial charge in [0.15, 0.2) is 5.65 Å². The van der Waals surface area contributed by atoms with Crippen LogP contribution in [-0.4, -0.2) is 44.6 Å². The normalized spacial score (nSPS) is 18.2. The highest BCUT2D eigenvalue weighted by Gasteiger charge is 2.28. The van der Waals surface area contributed by atoms with Crippen LogP contribution >= 0.6 is 0 Å². The van der Waals surface area contributed by atoms with Crippen molar-refractivity contribution in [2.24, 2.45) is 0 Å². The van der Waals surface area contributed by atoms with Crippen LogP contribution in [0.15, 0.2) is 54.7 Å². The van der Waals surface area contributed by atoms with Crippen molar-refractivity contribution >= 4 is 34.4 Å². The number of nitrogens with zero attached hydrogens (tertiary/aromatic N) is 5. The molecule has 1 aliphatic carbocycles. The Balaban J connectivity index is 1.51. The van der Waals surface area contributed by atoms with Crippen LogP contribution in [0.4, 0.5) is 27.7 Å². The summed E-state index contributed by atoms with van der Waals surface area (Å²) in [6, 6.07) is 15.7. The predicted molar refractivity (Wildman–Crippen MR) is 139 cm³/mol. The molecule has 0 bridgehead atoms. The molecule has 8 heteroatoms. The van der Waals surface area contributed by atoms with Gasteiger partial charge in [-0.3, -0.25) is 4.57 Å². The third-order valence-corrected chi connectivity index (χ3v) is 6.93. The zero-order valence-electron chi connectivity index (χ0n) is 20.5. The van der Waals surface area contributed by atoms with Gasteiger partial charge < -0.3 is 15.5 Å². The fraction of sp³-hybridized carbons (Fsp3) is 0.370. The zero-order chi connectivity index (χ0) is 24.4. The first-order chi connectivity index (χ1) is 17.0. The molecule has 0 spiro atoms. The minimum absolute atomic E-state index is 0.220. The second-order valence-corrected chi connectivity index (χ2v) is 9.41. The maximum Gasteiger partial charge on any atom is 0.229 e. The van der Waals surface area contributed by atoms with E-state index < -0.39 is 0 Å². The zero-order valence-corrected chi connectivity index (χ0v) is 20.5. The maximum absolute atomic E-state index is 14.5. The third kappa shape index (κ3) is 4.98. The molecular weight excluding hydrogens is 441 g/mol. The minimum atomic E-state index is -0.314. The van der Waals surface area contributed by atoms with Crippen LogP contribution in [0.25, 0.3) is 11.2 Å². The molecule has 2 aromatic carbocycles. The molecule has 2 N–H and O–H groups in total. The summed E-state index contributed by atoms with van der Waals surface area (Å²) >= 11 is 0. The van der Waals surface area contributed by atoms with E-state index in [1.165, 1.54) is 11.6 Å². The number of halogens is 1. The van der Waals surface area contributed by atoms with E-state index in [0.29, 0.717) is 29.1 Å². The summed E-state index contributed by atoms with van der Waals surface area (Å²) in [5.74, 6) is 0.797. The lowest BCUT2D eigenvalue weighted by Gasteiger charge is -2.33. The number of benzene rings is 2. The second kappa shape index (κ2) is 10.00. The Morgan fingerprint density at radius 3 is 2.40 bits per heavy atom.